The maximum absolute atomic E-state index is 12.6. The summed E-state index contributed by atoms with van der Waals surface area (Å²) in [5.74, 6) is -1.01. The highest BCUT2D eigenvalue weighted by Gasteiger charge is 2.34. The molecule has 5 nitrogen and oxygen atoms in total. The SMILES string of the molecule is COC(C)C(=O)OCC(=O)N(Cc1ccc(C(F)(F)F)cc1)C1CC1. The summed E-state index contributed by atoms with van der Waals surface area (Å²) in [5.41, 5.74) is -0.145. The van der Waals surface area contributed by atoms with E-state index < -0.39 is 30.4 Å². The second kappa shape index (κ2) is 7.86. The summed E-state index contributed by atoms with van der Waals surface area (Å²) in [6, 6.07) is 4.72. The molecule has 2 rings (SSSR count). The molecule has 0 heterocycles. The zero-order chi connectivity index (χ0) is 18.6. The molecule has 0 bridgehead atoms. The quantitative estimate of drug-likeness (QED) is 0.703. The maximum Gasteiger partial charge on any atom is 0.416 e. The van der Waals surface area contributed by atoms with Crippen LogP contribution in [0.1, 0.15) is 30.9 Å². The number of ether oxygens (including phenoxy) is 2. The van der Waals surface area contributed by atoms with E-state index in [1.165, 1.54) is 31.1 Å². The van der Waals surface area contributed by atoms with Crippen LogP contribution in [0, 0.1) is 0 Å². The van der Waals surface area contributed by atoms with Crippen molar-refractivity contribution >= 4 is 11.9 Å². The van der Waals surface area contributed by atoms with E-state index in [2.05, 4.69) is 0 Å². The van der Waals surface area contributed by atoms with Gasteiger partial charge in [-0.2, -0.15) is 13.2 Å². The minimum atomic E-state index is -4.39. The van der Waals surface area contributed by atoms with Crippen LogP contribution in [0.3, 0.4) is 0 Å². The van der Waals surface area contributed by atoms with Crippen LogP contribution in [0.25, 0.3) is 0 Å². The largest absolute Gasteiger partial charge is 0.454 e. The van der Waals surface area contributed by atoms with Crippen molar-refractivity contribution < 1.29 is 32.2 Å². The van der Waals surface area contributed by atoms with Crippen LogP contribution < -0.4 is 0 Å². The Bertz CT molecular complexity index is 611. The first-order valence-corrected chi connectivity index (χ1v) is 7.87. The molecule has 1 amide bonds. The molecule has 0 N–H and O–H groups in total. The van der Waals surface area contributed by atoms with E-state index in [0.717, 1.165) is 25.0 Å². The third-order valence-corrected chi connectivity index (χ3v) is 3.97. The molecule has 1 aliphatic carbocycles. The average molecular weight is 359 g/mol. The molecular weight excluding hydrogens is 339 g/mol. The summed E-state index contributed by atoms with van der Waals surface area (Å²) in [7, 11) is 1.36. The molecule has 1 aromatic rings. The summed E-state index contributed by atoms with van der Waals surface area (Å²) in [6.45, 7) is 1.27. The number of carbonyl (C=O) groups excluding carboxylic acids is 2. The Kier molecular flexibility index (Phi) is 6.05. The molecule has 0 aliphatic heterocycles. The Hall–Kier alpha value is -2.09. The molecule has 25 heavy (non-hydrogen) atoms. The standard InChI is InChI=1S/C17H20F3NO4/c1-11(24-2)16(23)25-10-15(22)21(14-7-8-14)9-12-3-5-13(6-4-12)17(18,19)20/h3-6,11,14H,7-10H2,1-2H3. The van der Waals surface area contributed by atoms with Crippen LogP contribution in [0.5, 0.6) is 0 Å². The van der Waals surface area contributed by atoms with E-state index in [-0.39, 0.29) is 18.5 Å². The van der Waals surface area contributed by atoms with Gasteiger partial charge in [0.1, 0.15) is 0 Å². The number of hydrogen-bond acceptors (Lipinski definition) is 4. The zero-order valence-electron chi connectivity index (χ0n) is 14.0. The van der Waals surface area contributed by atoms with Crippen molar-refractivity contribution in [3.8, 4) is 0 Å². The fraction of sp³-hybridized carbons (Fsp3) is 0.529. The molecule has 0 radical (unpaired) electrons. The number of hydrogen-bond donors (Lipinski definition) is 0. The molecular formula is C17H20F3NO4. The molecule has 1 saturated carbocycles. The normalized spacial score (nSPS) is 15.6. The smallest absolute Gasteiger partial charge is 0.416 e. The van der Waals surface area contributed by atoms with Crippen LogP contribution in [0.15, 0.2) is 24.3 Å². The number of nitrogens with zero attached hydrogens (tertiary/aromatic N) is 1. The van der Waals surface area contributed by atoms with E-state index in [1.54, 1.807) is 0 Å². The lowest BCUT2D eigenvalue weighted by molar-refractivity contribution is -0.160. The van der Waals surface area contributed by atoms with Crippen molar-refractivity contribution in [2.45, 2.75) is 44.6 Å². The highest BCUT2D eigenvalue weighted by Crippen LogP contribution is 2.31. The van der Waals surface area contributed by atoms with Gasteiger partial charge in [-0.1, -0.05) is 12.1 Å². The van der Waals surface area contributed by atoms with Crippen LogP contribution in [0.4, 0.5) is 13.2 Å². The fourth-order valence-electron chi connectivity index (χ4n) is 2.23. The molecule has 138 valence electrons. The third-order valence-electron chi connectivity index (χ3n) is 3.97. The summed E-state index contributed by atoms with van der Waals surface area (Å²) in [4.78, 5) is 25.4. The molecule has 0 saturated heterocycles. The first-order valence-electron chi connectivity index (χ1n) is 7.87. The first-order chi connectivity index (χ1) is 11.7. The zero-order valence-corrected chi connectivity index (χ0v) is 14.0. The van der Waals surface area contributed by atoms with Gasteiger partial charge in [0.2, 0.25) is 0 Å². The number of benzene rings is 1. The minimum Gasteiger partial charge on any atom is -0.454 e. The molecule has 1 atom stereocenters. The van der Waals surface area contributed by atoms with Crippen molar-refractivity contribution in [2.75, 3.05) is 13.7 Å². The number of halogens is 3. The monoisotopic (exact) mass is 359 g/mol. The lowest BCUT2D eigenvalue weighted by Crippen LogP contribution is -2.37. The second-order valence-corrected chi connectivity index (χ2v) is 5.93. The predicted molar refractivity (Wildman–Crippen MR) is 82.4 cm³/mol. The summed E-state index contributed by atoms with van der Waals surface area (Å²) in [5, 5.41) is 0. The van der Waals surface area contributed by atoms with Gasteiger partial charge in [-0.3, -0.25) is 4.79 Å². The van der Waals surface area contributed by atoms with Crippen LogP contribution >= 0.6 is 0 Å². The predicted octanol–water partition coefficient (Wildman–Crippen LogP) is 2.77. The Morgan fingerprint density at radius 1 is 1.24 bits per heavy atom. The highest BCUT2D eigenvalue weighted by molar-refractivity contribution is 5.82. The van der Waals surface area contributed by atoms with Gasteiger partial charge >= 0.3 is 12.1 Å². The van der Waals surface area contributed by atoms with E-state index in [4.69, 9.17) is 9.47 Å². The number of rotatable bonds is 7. The number of alkyl halides is 3. The van der Waals surface area contributed by atoms with Crippen molar-refractivity contribution in [3.05, 3.63) is 35.4 Å². The fourth-order valence-corrected chi connectivity index (χ4v) is 2.23. The van der Waals surface area contributed by atoms with E-state index in [1.807, 2.05) is 0 Å². The van der Waals surface area contributed by atoms with Gasteiger partial charge in [-0.05, 0) is 37.5 Å². The summed E-state index contributed by atoms with van der Waals surface area (Å²) >= 11 is 0. The topological polar surface area (TPSA) is 55.8 Å². The van der Waals surface area contributed by atoms with Gasteiger partial charge in [-0.15, -0.1) is 0 Å². The Morgan fingerprint density at radius 3 is 2.32 bits per heavy atom. The van der Waals surface area contributed by atoms with E-state index in [0.29, 0.717) is 5.56 Å². The molecule has 0 aromatic heterocycles. The number of carbonyl (C=O) groups is 2. The first kappa shape index (κ1) is 19.2. The van der Waals surface area contributed by atoms with Gasteiger partial charge in [0.15, 0.2) is 12.7 Å². The summed E-state index contributed by atoms with van der Waals surface area (Å²) in [6.07, 6.45) is -3.50. The Balaban J connectivity index is 1.96. The lowest BCUT2D eigenvalue weighted by Gasteiger charge is -2.23. The Morgan fingerprint density at radius 2 is 1.84 bits per heavy atom. The molecule has 1 aliphatic rings. The number of esters is 1. The van der Waals surface area contributed by atoms with Gasteiger partial charge in [-0.25, -0.2) is 4.79 Å². The highest BCUT2D eigenvalue weighted by atomic mass is 19.4. The summed E-state index contributed by atoms with van der Waals surface area (Å²) < 4.78 is 47.5. The molecule has 1 aromatic carbocycles. The van der Waals surface area contributed by atoms with Crippen LogP contribution in [-0.4, -0.2) is 42.6 Å². The van der Waals surface area contributed by atoms with Crippen LogP contribution in [-0.2, 0) is 31.8 Å². The van der Waals surface area contributed by atoms with Gasteiger partial charge < -0.3 is 14.4 Å². The van der Waals surface area contributed by atoms with Crippen molar-refractivity contribution in [3.63, 3.8) is 0 Å². The van der Waals surface area contributed by atoms with Crippen LogP contribution in [0.2, 0.25) is 0 Å². The average Bonchev–Trinajstić information content (AvgIpc) is 3.40. The Labute approximate surface area is 143 Å². The van der Waals surface area contributed by atoms with Gasteiger partial charge in [0.25, 0.3) is 5.91 Å². The molecule has 1 unspecified atom stereocenters. The molecule has 0 spiro atoms. The van der Waals surface area contributed by atoms with E-state index in [9.17, 15) is 22.8 Å². The van der Waals surface area contributed by atoms with Gasteiger partial charge in [0, 0.05) is 19.7 Å². The number of amides is 1. The minimum absolute atomic E-state index is 0.0355. The molecule has 8 heteroatoms. The lowest BCUT2D eigenvalue weighted by atomic mass is 10.1. The van der Waals surface area contributed by atoms with Crippen molar-refractivity contribution in [1.82, 2.24) is 4.90 Å². The van der Waals surface area contributed by atoms with Crippen molar-refractivity contribution in [2.24, 2.45) is 0 Å². The molecule has 1 fully saturated rings. The maximum atomic E-state index is 12.6. The second-order valence-electron chi connectivity index (χ2n) is 5.93. The van der Waals surface area contributed by atoms with Crippen molar-refractivity contribution in [1.29, 1.82) is 0 Å². The van der Waals surface area contributed by atoms with E-state index >= 15 is 0 Å². The number of methoxy groups -OCH3 is 1. The third kappa shape index (κ3) is 5.45. The van der Waals surface area contributed by atoms with Gasteiger partial charge in [0.05, 0.1) is 5.56 Å².